The van der Waals surface area contributed by atoms with Crippen molar-refractivity contribution in [3.05, 3.63) is 60.2 Å². The Bertz CT molecular complexity index is 619. The van der Waals surface area contributed by atoms with Crippen LogP contribution in [0.2, 0.25) is 0 Å². The summed E-state index contributed by atoms with van der Waals surface area (Å²) >= 11 is 0. The number of nitrogens with one attached hydrogen (secondary N) is 1. The van der Waals surface area contributed by atoms with Crippen LogP contribution < -0.4 is 5.32 Å². The maximum absolute atomic E-state index is 11.8. The number of carboxylic acids is 1. The highest BCUT2D eigenvalue weighted by atomic mass is 16.5. The Morgan fingerprint density at radius 1 is 1.23 bits per heavy atom. The van der Waals surface area contributed by atoms with Crippen LogP contribution in [-0.2, 0) is 16.1 Å². The maximum Gasteiger partial charge on any atom is 0.408 e. The van der Waals surface area contributed by atoms with Crippen LogP contribution in [0.3, 0.4) is 0 Å². The zero-order valence-electron chi connectivity index (χ0n) is 11.7. The van der Waals surface area contributed by atoms with E-state index in [-0.39, 0.29) is 13.0 Å². The molecule has 0 radical (unpaired) electrons. The van der Waals surface area contributed by atoms with Gasteiger partial charge in [-0.05, 0) is 11.6 Å². The zero-order valence-corrected chi connectivity index (χ0v) is 11.7. The molecule has 22 heavy (non-hydrogen) atoms. The standard InChI is InChI=1S/C15H15N3O4/c19-14(20)8-13(12-6-7-16-10-17-12)18-15(21)22-9-11-4-2-1-3-5-11/h1-7,10,13H,8-9H2,(H,18,21)(H,19,20)/t13-/m0/s1. The Labute approximate surface area is 127 Å². The molecule has 0 fully saturated rings. The van der Waals surface area contributed by atoms with Gasteiger partial charge in [-0.25, -0.2) is 14.8 Å². The summed E-state index contributed by atoms with van der Waals surface area (Å²) in [6.07, 6.45) is 1.78. The molecule has 0 bridgehead atoms. The van der Waals surface area contributed by atoms with Crippen molar-refractivity contribution in [1.82, 2.24) is 15.3 Å². The summed E-state index contributed by atoms with van der Waals surface area (Å²) in [5.41, 5.74) is 1.25. The Hall–Kier alpha value is -2.96. The summed E-state index contributed by atoms with van der Waals surface area (Å²) in [6.45, 7) is 0.107. The minimum absolute atomic E-state index is 0.107. The predicted molar refractivity (Wildman–Crippen MR) is 76.8 cm³/mol. The lowest BCUT2D eigenvalue weighted by Gasteiger charge is -2.16. The topological polar surface area (TPSA) is 101 Å². The molecular formula is C15H15N3O4. The van der Waals surface area contributed by atoms with Gasteiger partial charge >= 0.3 is 12.1 Å². The van der Waals surface area contributed by atoms with E-state index in [4.69, 9.17) is 9.84 Å². The molecule has 114 valence electrons. The Balaban J connectivity index is 1.95. The van der Waals surface area contributed by atoms with Crippen LogP contribution in [0, 0.1) is 0 Å². The van der Waals surface area contributed by atoms with Crippen LogP contribution in [-0.4, -0.2) is 27.1 Å². The zero-order chi connectivity index (χ0) is 15.8. The fourth-order valence-electron chi connectivity index (χ4n) is 1.82. The molecule has 0 aliphatic rings. The molecule has 1 atom stereocenters. The second-order valence-corrected chi connectivity index (χ2v) is 4.49. The molecule has 1 aromatic carbocycles. The third-order valence-corrected chi connectivity index (χ3v) is 2.85. The first kappa shape index (κ1) is 15.4. The largest absolute Gasteiger partial charge is 0.481 e. The van der Waals surface area contributed by atoms with Crippen LogP contribution in [0.25, 0.3) is 0 Å². The minimum Gasteiger partial charge on any atom is -0.481 e. The van der Waals surface area contributed by atoms with Gasteiger partial charge in [-0.15, -0.1) is 0 Å². The van der Waals surface area contributed by atoms with E-state index in [9.17, 15) is 9.59 Å². The summed E-state index contributed by atoms with van der Waals surface area (Å²) in [5.74, 6) is -1.05. The number of aliphatic carboxylic acids is 1. The lowest BCUT2D eigenvalue weighted by Crippen LogP contribution is -2.31. The van der Waals surface area contributed by atoms with Crippen molar-refractivity contribution in [2.45, 2.75) is 19.1 Å². The quantitative estimate of drug-likeness (QED) is 0.845. The van der Waals surface area contributed by atoms with Crippen molar-refractivity contribution in [3.8, 4) is 0 Å². The van der Waals surface area contributed by atoms with Crippen molar-refractivity contribution in [3.63, 3.8) is 0 Å². The van der Waals surface area contributed by atoms with Gasteiger partial charge < -0.3 is 15.2 Å². The fourth-order valence-corrected chi connectivity index (χ4v) is 1.82. The first-order chi connectivity index (χ1) is 10.6. The third kappa shape index (κ3) is 4.86. The average Bonchev–Trinajstić information content (AvgIpc) is 2.54. The molecule has 1 heterocycles. The highest BCUT2D eigenvalue weighted by molar-refractivity contribution is 5.71. The number of rotatable bonds is 6. The first-order valence-corrected chi connectivity index (χ1v) is 6.60. The van der Waals surface area contributed by atoms with Gasteiger partial charge in [0.15, 0.2) is 0 Å². The second kappa shape index (κ2) is 7.72. The molecule has 1 aromatic heterocycles. The normalized spacial score (nSPS) is 11.5. The highest BCUT2D eigenvalue weighted by Crippen LogP contribution is 2.14. The van der Waals surface area contributed by atoms with Gasteiger partial charge in [0.2, 0.25) is 0 Å². The molecule has 2 rings (SSSR count). The van der Waals surface area contributed by atoms with Crippen LogP contribution in [0.1, 0.15) is 23.7 Å². The van der Waals surface area contributed by atoms with E-state index in [2.05, 4.69) is 15.3 Å². The van der Waals surface area contributed by atoms with Crippen LogP contribution in [0.4, 0.5) is 4.79 Å². The Morgan fingerprint density at radius 3 is 2.64 bits per heavy atom. The molecule has 2 N–H and O–H groups in total. The lowest BCUT2D eigenvalue weighted by atomic mass is 10.1. The SMILES string of the molecule is O=C(O)C[C@H](NC(=O)OCc1ccccc1)c1ccncn1. The molecule has 2 aromatic rings. The first-order valence-electron chi connectivity index (χ1n) is 6.60. The van der Waals surface area contributed by atoms with Crippen LogP contribution >= 0.6 is 0 Å². The molecule has 0 saturated heterocycles. The minimum atomic E-state index is -1.05. The van der Waals surface area contributed by atoms with Crippen molar-refractivity contribution in [1.29, 1.82) is 0 Å². The molecule has 7 nitrogen and oxygen atoms in total. The van der Waals surface area contributed by atoms with Gasteiger partial charge in [0, 0.05) is 6.20 Å². The van der Waals surface area contributed by atoms with Crippen molar-refractivity contribution >= 4 is 12.1 Å². The van der Waals surface area contributed by atoms with E-state index < -0.39 is 18.1 Å². The third-order valence-electron chi connectivity index (χ3n) is 2.85. The molecule has 7 heteroatoms. The highest BCUT2D eigenvalue weighted by Gasteiger charge is 2.20. The molecule has 0 aliphatic carbocycles. The number of aromatic nitrogens is 2. The number of amides is 1. The summed E-state index contributed by atoms with van der Waals surface area (Å²) in [6, 6.07) is 9.96. The number of carbonyl (C=O) groups excluding carboxylic acids is 1. The van der Waals surface area contributed by atoms with Gasteiger partial charge in [0.25, 0.3) is 0 Å². The fraction of sp³-hybridized carbons (Fsp3) is 0.200. The van der Waals surface area contributed by atoms with E-state index in [0.29, 0.717) is 5.69 Å². The van der Waals surface area contributed by atoms with E-state index >= 15 is 0 Å². The van der Waals surface area contributed by atoms with Crippen molar-refractivity contribution in [2.24, 2.45) is 0 Å². The number of benzene rings is 1. The van der Waals surface area contributed by atoms with E-state index in [1.807, 2.05) is 30.3 Å². The van der Waals surface area contributed by atoms with Crippen LogP contribution in [0.5, 0.6) is 0 Å². The number of hydrogen-bond donors (Lipinski definition) is 2. The van der Waals surface area contributed by atoms with Gasteiger partial charge in [0.05, 0.1) is 18.2 Å². The van der Waals surface area contributed by atoms with E-state index in [0.717, 1.165) is 5.56 Å². The molecule has 1 amide bonds. The number of alkyl carbamates (subject to hydrolysis) is 1. The van der Waals surface area contributed by atoms with Gasteiger partial charge in [-0.1, -0.05) is 30.3 Å². The van der Waals surface area contributed by atoms with Gasteiger partial charge in [0.1, 0.15) is 12.9 Å². The maximum atomic E-state index is 11.8. The monoisotopic (exact) mass is 301 g/mol. The predicted octanol–water partition coefficient (Wildman–Crippen LogP) is 1.92. The molecule has 0 spiro atoms. The Kier molecular flexibility index (Phi) is 5.42. The number of ether oxygens (including phenoxy) is 1. The smallest absolute Gasteiger partial charge is 0.408 e. The summed E-state index contributed by atoms with van der Waals surface area (Å²) in [5, 5.41) is 11.4. The van der Waals surface area contributed by atoms with Crippen molar-refractivity contribution < 1.29 is 19.4 Å². The van der Waals surface area contributed by atoms with Crippen LogP contribution in [0.15, 0.2) is 48.9 Å². The summed E-state index contributed by atoms with van der Waals surface area (Å²) in [7, 11) is 0. The number of carbonyl (C=O) groups is 2. The van der Waals surface area contributed by atoms with Gasteiger partial charge in [-0.2, -0.15) is 0 Å². The van der Waals surface area contributed by atoms with Gasteiger partial charge in [-0.3, -0.25) is 4.79 Å². The molecule has 0 unspecified atom stereocenters. The number of carboxylic acid groups (broad SMARTS) is 1. The number of hydrogen-bond acceptors (Lipinski definition) is 5. The Morgan fingerprint density at radius 2 is 2.00 bits per heavy atom. The molecule has 0 saturated carbocycles. The summed E-state index contributed by atoms with van der Waals surface area (Å²) in [4.78, 5) is 30.4. The molecular weight excluding hydrogens is 286 g/mol. The second-order valence-electron chi connectivity index (χ2n) is 4.49. The van der Waals surface area contributed by atoms with E-state index in [1.165, 1.54) is 12.5 Å². The lowest BCUT2D eigenvalue weighted by molar-refractivity contribution is -0.137. The van der Waals surface area contributed by atoms with E-state index in [1.54, 1.807) is 6.07 Å². The summed E-state index contributed by atoms with van der Waals surface area (Å²) < 4.78 is 5.08. The number of nitrogens with zero attached hydrogens (tertiary/aromatic N) is 2. The van der Waals surface area contributed by atoms with Crippen molar-refractivity contribution in [2.75, 3.05) is 0 Å². The molecule has 0 aliphatic heterocycles. The average molecular weight is 301 g/mol.